The number of hydrogen-bond acceptors (Lipinski definition) is 3. The minimum atomic E-state index is -0.849. The van der Waals surface area contributed by atoms with Crippen molar-refractivity contribution in [2.24, 2.45) is 5.92 Å². The summed E-state index contributed by atoms with van der Waals surface area (Å²) in [5.41, 5.74) is 0.596. The molecule has 2 atom stereocenters. The molecule has 0 heterocycles. The van der Waals surface area contributed by atoms with E-state index in [2.05, 4.69) is 5.32 Å². The van der Waals surface area contributed by atoms with Crippen LogP contribution in [0, 0.1) is 5.92 Å². The van der Waals surface area contributed by atoms with Gasteiger partial charge in [0.25, 0.3) is 0 Å². The molecule has 124 valence electrons. The lowest BCUT2D eigenvalue weighted by molar-refractivity contribution is -0.143. The minimum absolute atomic E-state index is 0.0728. The van der Waals surface area contributed by atoms with Gasteiger partial charge in [-0.25, -0.2) is 0 Å². The highest BCUT2D eigenvalue weighted by Crippen LogP contribution is 2.24. The van der Waals surface area contributed by atoms with E-state index in [0.717, 1.165) is 19.3 Å². The number of nitrogens with one attached hydrogen (secondary N) is 1. The number of ketones is 1. The molecule has 0 aromatic heterocycles. The van der Waals surface area contributed by atoms with Gasteiger partial charge in [-0.2, -0.15) is 0 Å². The number of hydrogen-bond donors (Lipinski definition) is 2. The summed E-state index contributed by atoms with van der Waals surface area (Å²) in [6, 6.07) is 8.54. The normalized spacial score (nSPS) is 21.2. The first-order valence-corrected chi connectivity index (χ1v) is 8.18. The lowest BCUT2D eigenvalue weighted by atomic mass is 9.94. The van der Waals surface area contributed by atoms with Crippen LogP contribution in [0.1, 0.15) is 55.3 Å². The molecule has 1 aromatic rings. The Morgan fingerprint density at radius 1 is 1.00 bits per heavy atom. The lowest BCUT2D eigenvalue weighted by Crippen LogP contribution is -2.42. The maximum absolute atomic E-state index is 12.1. The van der Waals surface area contributed by atoms with Crippen molar-refractivity contribution < 1.29 is 19.5 Å². The van der Waals surface area contributed by atoms with Gasteiger partial charge in [0.15, 0.2) is 5.78 Å². The Kier molecular flexibility index (Phi) is 6.32. The third-order valence-corrected chi connectivity index (χ3v) is 4.35. The summed E-state index contributed by atoms with van der Waals surface area (Å²) in [5.74, 6) is -1.69. The van der Waals surface area contributed by atoms with E-state index < -0.39 is 11.9 Å². The molecule has 0 aliphatic heterocycles. The third-order valence-electron chi connectivity index (χ3n) is 4.35. The van der Waals surface area contributed by atoms with Crippen LogP contribution in [0.4, 0.5) is 0 Å². The largest absolute Gasteiger partial charge is 0.481 e. The van der Waals surface area contributed by atoms with E-state index in [1.54, 1.807) is 24.3 Å². The number of aliphatic carboxylic acids is 1. The maximum atomic E-state index is 12.1. The van der Waals surface area contributed by atoms with Crippen molar-refractivity contribution in [3.05, 3.63) is 35.9 Å². The second kappa shape index (κ2) is 8.46. The summed E-state index contributed by atoms with van der Waals surface area (Å²) in [4.78, 5) is 35.4. The van der Waals surface area contributed by atoms with Crippen LogP contribution in [0.3, 0.4) is 0 Å². The van der Waals surface area contributed by atoms with E-state index in [1.165, 1.54) is 0 Å². The molecule has 0 radical (unpaired) electrons. The van der Waals surface area contributed by atoms with Gasteiger partial charge in [-0.1, -0.05) is 49.6 Å². The van der Waals surface area contributed by atoms with Gasteiger partial charge in [0.1, 0.15) is 0 Å². The van der Waals surface area contributed by atoms with Crippen LogP contribution in [0.25, 0.3) is 0 Å². The van der Waals surface area contributed by atoms with Crippen LogP contribution in [0.5, 0.6) is 0 Å². The number of carbonyl (C=O) groups is 3. The SMILES string of the molecule is O=C(CCC(=O)c1ccccc1)N[C@H]1CCCCC[C@H]1C(=O)O. The van der Waals surface area contributed by atoms with Crippen molar-refractivity contribution in [3.63, 3.8) is 0 Å². The first-order chi connectivity index (χ1) is 11.1. The second-order valence-corrected chi connectivity index (χ2v) is 6.05. The summed E-state index contributed by atoms with van der Waals surface area (Å²) in [5, 5.41) is 12.1. The summed E-state index contributed by atoms with van der Waals surface area (Å²) in [7, 11) is 0. The van der Waals surface area contributed by atoms with E-state index >= 15 is 0 Å². The zero-order chi connectivity index (χ0) is 16.7. The van der Waals surface area contributed by atoms with Crippen LogP contribution in [0.15, 0.2) is 30.3 Å². The molecule has 2 rings (SSSR count). The first-order valence-electron chi connectivity index (χ1n) is 8.18. The van der Waals surface area contributed by atoms with Crippen LogP contribution < -0.4 is 5.32 Å². The monoisotopic (exact) mass is 317 g/mol. The van der Waals surface area contributed by atoms with Crippen LogP contribution in [-0.2, 0) is 9.59 Å². The predicted molar refractivity (Wildman–Crippen MR) is 86.1 cm³/mol. The molecule has 5 heteroatoms. The van der Waals surface area contributed by atoms with Gasteiger partial charge in [-0.05, 0) is 12.8 Å². The Balaban J connectivity index is 1.85. The fraction of sp³-hybridized carbons (Fsp3) is 0.500. The van der Waals surface area contributed by atoms with Crippen molar-refractivity contribution in [2.45, 2.75) is 51.0 Å². The van der Waals surface area contributed by atoms with Gasteiger partial charge < -0.3 is 10.4 Å². The molecule has 0 saturated heterocycles. The number of amides is 1. The van der Waals surface area contributed by atoms with Crippen LogP contribution >= 0.6 is 0 Å². The molecule has 1 aromatic carbocycles. The Morgan fingerprint density at radius 2 is 1.70 bits per heavy atom. The highest BCUT2D eigenvalue weighted by Gasteiger charge is 2.30. The maximum Gasteiger partial charge on any atom is 0.308 e. The highest BCUT2D eigenvalue weighted by atomic mass is 16.4. The molecule has 5 nitrogen and oxygen atoms in total. The van der Waals surface area contributed by atoms with Crippen molar-refractivity contribution in [1.29, 1.82) is 0 Å². The van der Waals surface area contributed by atoms with Gasteiger partial charge in [0.05, 0.1) is 5.92 Å². The Labute approximate surface area is 136 Å². The summed E-state index contributed by atoms with van der Waals surface area (Å²) < 4.78 is 0. The zero-order valence-corrected chi connectivity index (χ0v) is 13.2. The average Bonchev–Trinajstić information content (AvgIpc) is 2.79. The van der Waals surface area contributed by atoms with Gasteiger partial charge in [-0.15, -0.1) is 0 Å². The van der Waals surface area contributed by atoms with Gasteiger partial charge in [0.2, 0.25) is 5.91 Å². The molecule has 23 heavy (non-hydrogen) atoms. The molecule has 1 amide bonds. The van der Waals surface area contributed by atoms with Crippen molar-refractivity contribution in [1.82, 2.24) is 5.32 Å². The molecule has 2 N–H and O–H groups in total. The number of Topliss-reactive ketones (excluding diaryl/α,β-unsaturated/α-hetero) is 1. The lowest BCUT2D eigenvalue weighted by Gasteiger charge is -2.22. The fourth-order valence-corrected chi connectivity index (χ4v) is 3.05. The standard InChI is InChI=1S/C18H23NO4/c20-16(13-7-3-1-4-8-13)11-12-17(21)19-15-10-6-2-5-9-14(15)18(22)23/h1,3-4,7-8,14-15H,2,5-6,9-12H2,(H,19,21)(H,22,23)/t14-,15+/m1/s1. The third kappa shape index (κ3) is 5.20. The molecule has 0 spiro atoms. The fourth-order valence-electron chi connectivity index (χ4n) is 3.05. The average molecular weight is 317 g/mol. The molecule has 1 aliphatic carbocycles. The molecule has 1 aliphatic rings. The number of carboxylic acids is 1. The quantitative estimate of drug-likeness (QED) is 0.624. The smallest absolute Gasteiger partial charge is 0.308 e. The molecule has 0 unspecified atom stereocenters. The molecule has 1 saturated carbocycles. The van der Waals surface area contributed by atoms with Gasteiger partial charge >= 0.3 is 5.97 Å². The van der Waals surface area contributed by atoms with Crippen LogP contribution in [0.2, 0.25) is 0 Å². The van der Waals surface area contributed by atoms with Crippen molar-refractivity contribution >= 4 is 17.7 Å². The number of carboxylic acid groups (broad SMARTS) is 1. The molecule has 0 bridgehead atoms. The topological polar surface area (TPSA) is 83.5 Å². The van der Waals surface area contributed by atoms with E-state index in [-0.39, 0.29) is 30.6 Å². The Morgan fingerprint density at radius 3 is 2.39 bits per heavy atom. The van der Waals surface area contributed by atoms with Crippen molar-refractivity contribution in [2.75, 3.05) is 0 Å². The second-order valence-electron chi connectivity index (χ2n) is 6.05. The molecular formula is C18H23NO4. The van der Waals surface area contributed by atoms with Crippen molar-refractivity contribution in [3.8, 4) is 0 Å². The zero-order valence-electron chi connectivity index (χ0n) is 13.2. The van der Waals surface area contributed by atoms with E-state index in [1.807, 2.05) is 6.07 Å². The summed E-state index contributed by atoms with van der Waals surface area (Å²) >= 11 is 0. The predicted octanol–water partition coefficient (Wildman–Crippen LogP) is 2.80. The number of benzene rings is 1. The summed E-state index contributed by atoms with van der Waals surface area (Å²) in [6.07, 6.45) is 4.34. The Bertz CT molecular complexity index is 555. The number of carbonyl (C=O) groups excluding carboxylic acids is 2. The highest BCUT2D eigenvalue weighted by molar-refractivity contribution is 5.97. The van der Waals surface area contributed by atoms with E-state index in [9.17, 15) is 19.5 Å². The minimum Gasteiger partial charge on any atom is -0.481 e. The molecular weight excluding hydrogens is 294 g/mol. The van der Waals surface area contributed by atoms with Crippen LogP contribution in [-0.4, -0.2) is 28.8 Å². The van der Waals surface area contributed by atoms with Gasteiger partial charge in [0, 0.05) is 24.4 Å². The van der Waals surface area contributed by atoms with E-state index in [0.29, 0.717) is 18.4 Å². The summed E-state index contributed by atoms with van der Waals surface area (Å²) in [6.45, 7) is 0. The number of rotatable bonds is 6. The Hall–Kier alpha value is -2.17. The molecule has 1 fully saturated rings. The van der Waals surface area contributed by atoms with E-state index in [4.69, 9.17) is 0 Å². The first kappa shape index (κ1) is 17.2. The van der Waals surface area contributed by atoms with Gasteiger partial charge in [-0.3, -0.25) is 14.4 Å².